The molecule has 3 aliphatic carbocycles. The highest BCUT2D eigenvalue weighted by molar-refractivity contribution is 5.85. The molecule has 3 fully saturated rings. The van der Waals surface area contributed by atoms with Gasteiger partial charge in [0.15, 0.2) is 17.3 Å². The van der Waals surface area contributed by atoms with E-state index in [9.17, 15) is 30.0 Å². The van der Waals surface area contributed by atoms with Crippen LogP contribution >= 0.6 is 0 Å². The van der Waals surface area contributed by atoms with Crippen LogP contribution in [0, 0.1) is 29.6 Å². The number of fused-ring (bicyclic) bond motifs is 3. The smallest absolute Gasteiger partial charge is 0.160 e. The third-order valence-electron chi connectivity index (χ3n) is 13.3. The zero-order valence-electron chi connectivity index (χ0n) is 31.7. The molecular weight excluding hydrogens is 679 g/mol. The first kappa shape index (κ1) is 38.4. The lowest BCUT2D eigenvalue weighted by Crippen LogP contribution is -2.63. The number of ketones is 2. The monoisotopic (exact) mass is 735 g/mol. The maximum atomic E-state index is 13.7. The normalized spacial score (nSPS) is 26.4. The standard InChI is InChI=1S/C46H57NO7/c1-54-45-26-32-15-20-43(52)38(42(51)8-4-3-7-35-24-33-12-17-37(49)27-40(33)47-46(35)21-5-2-6-22-46)18-13-29(39(32)28-44(45)53)14-19-41(50)34-10-9-31-25-36(48)16-11-30(31)23-34/h9-11,16,23,25-26,28-29,33,35,38,40-42,47-48,50-51,53H,2-8,12,14-15,17,19-22,24,27H2,1H3/t29-,33+,35-,38+,40+,41-,42+/m0/s1. The summed E-state index contributed by atoms with van der Waals surface area (Å²) in [6, 6.07) is 14.6. The first-order valence-electron chi connectivity index (χ1n) is 20.4. The van der Waals surface area contributed by atoms with E-state index in [1.165, 1.54) is 45.6 Å². The number of hydrogen-bond donors (Lipinski definition) is 5. The van der Waals surface area contributed by atoms with Crippen molar-refractivity contribution in [2.24, 2.45) is 17.8 Å². The number of aliphatic hydroxyl groups excluding tert-OH is 2. The second-order valence-electron chi connectivity index (χ2n) is 16.7. The topological polar surface area (TPSA) is 136 Å². The number of aryl methyl sites for hydroxylation is 1. The Bertz CT molecular complexity index is 1890. The molecule has 8 heteroatoms. The van der Waals surface area contributed by atoms with E-state index in [0.717, 1.165) is 53.1 Å². The number of aromatic hydroxyl groups is 2. The molecule has 1 spiro atoms. The fourth-order valence-corrected chi connectivity index (χ4v) is 10.2. The predicted molar refractivity (Wildman–Crippen MR) is 209 cm³/mol. The number of piperidine rings is 1. The maximum Gasteiger partial charge on any atom is 0.160 e. The zero-order valence-corrected chi connectivity index (χ0v) is 31.7. The van der Waals surface area contributed by atoms with E-state index in [4.69, 9.17) is 4.74 Å². The van der Waals surface area contributed by atoms with Crippen LogP contribution in [0.1, 0.15) is 131 Å². The average molecular weight is 736 g/mol. The number of aliphatic hydroxyl groups is 2. The number of hydrogen-bond acceptors (Lipinski definition) is 8. The summed E-state index contributed by atoms with van der Waals surface area (Å²) in [4.78, 5) is 26.0. The number of rotatable bonds is 11. The fourth-order valence-electron chi connectivity index (χ4n) is 10.2. The summed E-state index contributed by atoms with van der Waals surface area (Å²) in [6.07, 6.45) is 13.0. The first-order chi connectivity index (χ1) is 26.1. The van der Waals surface area contributed by atoms with Gasteiger partial charge in [0.1, 0.15) is 17.5 Å². The largest absolute Gasteiger partial charge is 0.508 e. The van der Waals surface area contributed by atoms with E-state index in [1.54, 1.807) is 24.3 Å². The highest BCUT2D eigenvalue weighted by atomic mass is 16.5. The van der Waals surface area contributed by atoms with Gasteiger partial charge in [-0.05, 0) is 127 Å². The van der Waals surface area contributed by atoms with Crippen LogP contribution in [0.5, 0.6) is 17.2 Å². The number of phenols is 2. The van der Waals surface area contributed by atoms with Gasteiger partial charge in [0.25, 0.3) is 0 Å². The molecule has 8 nitrogen and oxygen atoms in total. The van der Waals surface area contributed by atoms with Crippen LogP contribution in [-0.2, 0) is 16.0 Å². The van der Waals surface area contributed by atoms with Crippen LogP contribution in [0.15, 0.2) is 48.5 Å². The molecule has 4 aliphatic rings. The van der Waals surface area contributed by atoms with E-state index >= 15 is 0 Å². The molecule has 1 heterocycles. The molecule has 1 saturated heterocycles. The van der Waals surface area contributed by atoms with Gasteiger partial charge >= 0.3 is 0 Å². The van der Waals surface area contributed by atoms with E-state index in [-0.39, 0.29) is 35.2 Å². The van der Waals surface area contributed by atoms with E-state index < -0.39 is 18.1 Å². The number of carbonyl (C=O) groups excluding carboxylic acids is 2. The molecule has 3 aromatic rings. The highest BCUT2D eigenvalue weighted by Crippen LogP contribution is 2.47. The lowest BCUT2D eigenvalue weighted by atomic mass is 9.62. The van der Waals surface area contributed by atoms with E-state index in [1.807, 2.05) is 24.3 Å². The second kappa shape index (κ2) is 16.9. The zero-order chi connectivity index (χ0) is 37.8. The number of nitrogens with one attached hydrogen (secondary N) is 1. The SMILES string of the molecule is COc1cc2c(cc1O)[C@H](CC[C@H](O)c1ccc3cc(O)ccc3c1)C#C[C@H]([C@H](O)CCCC[C@H]1C[C@H]3CCC(=O)C[C@H]3NC13CCCCC3)C(=O)CC2. The molecule has 0 unspecified atom stereocenters. The summed E-state index contributed by atoms with van der Waals surface area (Å²) in [5, 5.41) is 49.3. The minimum Gasteiger partial charge on any atom is -0.508 e. The summed E-state index contributed by atoms with van der Waals surface area (Å²) in [7, 11) is 1.50. The summed E-state index contributed by atoms with van der Waals surface area (Å²) in [6.45, 7) is 0. The Kier molecular flexibility index (Phi) is 12.0. The molecule has 54 heavy (non-hydrogen) atoms. The lowest BCUT2D eigenvalue weighted by molar-refractivity contribution is -0.124. The van der Waals surface area contributed by atoms with Crippen LogP contribution < -0.4 is 10.1 Å². The minimum absolute atomic E-state index is 0.000734. The summed E-state index contributed by atoms with van der Waals surface area (Å²) in [5.41, 5.74) is 2.57. The summed E-state index contributed by atoms with van der Waals surface area (Å²) < 4.78 is 5.42. The van der Waals surface area contributed by atoms with Crippen molar-refractivity contribution in [1.82, 2.24) is 5.32 Å². The molecular formula is C46H57NO7. The molecule has 1 aliphatic heterocycles. The molecule has 2 saturated carbocycles. The number of ether oxygens (including phenoxy) is 1. The van der Waals surface area contributed by atoms with Crippen molar-refractivity contribution in [3.63, 3.8) is 0 Å². The van der Waals surface area contributed by atoms with Gasteiger partial charge in [-0.15, -0.1) is 0 Å². The van der Waals surface area contributed by atoms with Crippen molar-refractivity contribution in [3.05, 3.63) is 65.2 Å². The Morgan fingerprint density at radius 2 is 1.69 bits per heavy atom. The lowest BCUT2D eigenvalue weighted by Gasteiger charge is -2.54. The van der Waals surface area contributed by atoms with Crippen LogP contribution in [0.25, 0.3) is 10.8 Å². The number of methoxy groups -OCH3 is 1. The number of unbranched alkanes of at least 4 members (excludes halogenated alkanes) is 1. The van der Waals surface area contributed by atoms with Gasteiger partial charge in [0, 0.05) is 36.8 Å². The van der Waals surface area contributed by atoms with Gasteiger partial charge in [-0.3, -0.25) is 9.59 Å². The van der Waals surface area contributed by atoms with Gasteiger partial charge in [0.2, 0.25) is 0 Å². The molecule has 5 N–H and O–H groups in total. The summed E-state index contributed by atoms with van der Waals surface area (Å²) >= 11 is 0. The third kappa shape index (κ3) is 8.49. The summed E-state index contributed by atoms with van der Waals surface area (Å²) in [5.74, 6) is 7.36. The Morgan fingerprint density at radius 3 is 2.50 bits per heavy atom. The van der Waals surface area contributed by atoms with Crippen LogP contribution in [0.2, 0.25) is 0 Å². The molecule has 3 aromatic carbocycles. The van der Waals surface area contributed by atoms with Crippen LogP contribution in [0.4, 0.5) is 0 Å². The van der Waals surface area contributed by atoms with Gasteiger partial charge in [-0.2, -0.15) is 0 Å². The highest BCUT2D eigenvalue weighted by Gasteiger charge is 2.48. The van der Waals surface area contributed by atoms with Crippen molar-refractivity contribution in [2.45, 2.75) is 139 Å². The molecule has 7 atom stereocenters. The van der Waals surface area contributed by atoms with E-state index in [2.05, 4.69) is 17.2 Å². The van der Waals surface area contributed by atoms with Gasteiger partial charge < -0.3 is 30.5 Å². The Hall–Kier alpha value is -3.90. The first-order valence-corrected chi connectivity index (χ1v) is 20.4. The van der Waals surface area contributed by atoms with Crippen LogP contribution in [-0.4, -0.2) is 56.8 Å². The molecule has 0 bridgehead atoms. The Balaban J connectivity index is 1.03. The van der Waals surface area contributed by atoms with Crippen molar-refractivity contribution in [1.29, 1.82) is 0 Å². The van der Waals surface area contributed by atoms with Gasteiger partial charge in [0.05, 0.1) is 19.3 Å². The third-order valence-corrected chi connectivity index (χ3v) is 13.3. The molecule has 0 aromatic heterocycles. The minimum atomic E-state index is -0.876. The Labute approximate surface area is 319 Å². The van der Waals surface area contributed by atoms with Crippen molar-refractivity contribution < 1.29 is 34.8 Å². The molecule has 7 rings (SSSR count). The van der Waals surface area contributed by atoms with Gasteiger partial charge in [-0.1, -0.05) is 62.1 Å². The second-order valence-corrected chi connectivity index (χ2v) is 16.7. The number of phenolic OH excluding ortho intramolecular Hbond substituents is 2. The molecule has 288 valence electrons. The predicted octanol–water partition coefficient (Wildman–Crippen LogP) is 7.96. The number of carbonyl (C=O) groups is 2. The quantitative estimate of drug-likeness (QED) is 0.0989. The van der Waals surface area contributed by atoms with Crippen LogP contribution in [0.3, 0.4) is 0 Å². The number of benzene rings is 3. The van der Waals surface area contributed by atoms with E-state index in [0.29, 0.717) is 67.9 Å². The number of Topliss-reactive ketones (excluding diaryl/α,β-unsaturated/α-hetero) is 2. The maximum absolute atomic E-state index is 13.7. The van der Waals surface area contributed by atoms with Crippen molar-refractivity contribution in [3.8, 4) is 29.1 Å². The molecule has 0 radical (unpaired) electrons. The fraction of sp³-hybridized carbons (Fsp3) is 0.565. The average Bonchev–Trinajstić information content (AvgIpc) is 3.23. The Morgan fingerprint density at radius 1 is 0.889 bits per heavy atom. The molecule has 0 amide bonds. The van der Waals surface area contributed by atoms with Crippen molar-refractivity contribution >= 4 is 22.3 Å². The van der Waals surface area contributed by atoms with Crippen molar-refractivity contribution in [2.75, 3.05) is 7.11 Å². The van der Waals surface area contributed by atoms with Gasteiger partial charge in [-0.25, -0.2) is 0 Å².